The number of nitrogens with zero attached hydrogens (tertiary/aromatic N) is 1. The predicted octanol–water partition coefficient (Wildman–Crippen LogP) is 2.53. The summed E-state index contributed by atoms with van der Waals surface area (Å²) in [5.74, 6) is 0. The van der Waals surface area contributed by atoms with Gasteiger partial charge in [-0.3, -0.25) is 0 Å². The minimum atomic E-state index is 0.341. The molecule has 0 amide bonds. The molecule has 4 heteroatoms. The summed E-state index contributed by atoms with van der Waals surface area (Å²) in [6, 6.07) is 0. The highest BCUT2D eigenvalue weighted by atomic mass is 32.1. The van der Waals surface area contributed by atoms with Crippen molar-refractivity contribution in [2.75, 3.05) is 13.1 Å². The molecule has 3 N–H and O–H groups in total. The summed E-state index contributed by atoms with van der Waals surface area (Å²) in [6.07, 6.45) is 9.89. The van der Waals surface area contributed by atoms with E-state index in [1.807, 2.05) is 11.6 Å². The fourth-order valence-electron chi connectivity index (χ4n) is 2.71. The largest absolute Gasteiger partial charge is 0.330 e. The molecule has 1 fully saturated rings. The highest BCUT2D eigenvalue weighted by molar-refractivity contribution is 7.09. The zero-order chi connectivity index (χ0) is 12.0. The number of hydrogen-bond acceptors (Lipinski definition) is 4. The average Bonchev–Trinajstić information content (AvgIpc) is 2.75. The van der Waals surface area contributed by atoms with E-state index in [9.17, 15) is 0 Å². The van der Waals surface area contributed by atoms with E-state index in [1.54, 1.807) is 11.3 Å². The van der Waals surface area contributed by atoms with Crippen LogP contribution in [0.3, 0.4) is 0 Å². The molecule has 0 spiro atoms. The van der Waals surface area contributed by atoms with Crippen molar-refractivity contribution in [3.8, 4) is 0 Å². The zero-order valence-corrected chi connectivity index (χ0v) is 11.3. The summed E-state index contributed by atoms with van der Waals surface area (Å²) in [5.41, 5.74) is 6.36. The summed E-state index contributed by atoms with van der Waals surface area (Å²) < 4.78 is 0. The van der Waals surface area contributed by atoms with Gasteiger partial charge in [-0.15, -0.1) is 11.3 Å². The number of nitrogens with one attached hydrogen (secondary N) is 1. The maximum Gasteiger partial charge on any atom is 0.106 e. The first-order chi connectivity index (χ1) is 8.35. The lowest BCUT2D eigenvalue weighted by molar-refractivity contribution is 0.242. The zero-order valence-electron chi connectivity index (χ0n) is 10.5. The number of aromatic nitrogens is 1. The van der Waals surface area contributed by atoms with Crippen LogP contribution in [-0.2, 0) is 6.54 Å². The molecule has 1 aliphatic carbocycles. The summed E-state index contributed by atoms with van der Waals surface area (Å²) >= 11 is 1.72. The Hall–Kier alpha value is -0.450. The number of rotatable bonds is 5. The Morgan fingerprint density at radius 1 is 1.29 bits per heavy atom. The van der Waals surface area contributed by atoms with E-state index < -0.39 is 0 Å². The van der Waals surface area contributed by atoms with Gasteiger partial charge in [0.25, 0.3) is 0 Å². The maximum atomic E-state index is 6.01. The van der Waals surface area contributed by atoms with Crippen molar-refractivity contribution in [3.05, 3.63) is 16.6 Å². The van der Waals surface area contributed by atoms with Crippen molar-refractivity contribution in [2.45, 2.75) is 45.1 Å². The first-order valence-electron chi connectivity index (χ1n) is 6.64. The predicted molar refractivity (Wildman–Crippen MR) is 73.0 cm³/mol. The van der Waals surface area contributed by atoms with E-state index in [-0.39, 0.29) is 0 Å². The molecule has 0 unspecified atom stereocenters. The summed E-state index contributed by atoms with van der Waals surface area (Å²) in [7, 11) is 0. The Bertz CT molecular complexity index is 302. The van der Waals surface area contributed by atoms with E-state index in [4.69, 9.17) is 5.73 Å². The van der Waals surface area contributed by atoms with Crippen LogP contribution in [-0.4, -0.2) is 18.1 Å². The smallest absolute Gasteiger partial charge is 0.106 e. The molecule has 0 radical (unpaired) electrons. The molecule has 0 saturated heterocycles. The molecule has 2 rings (SSSR count). The van der Waals surface area contributed by atoms with Gasteiger partial charge >= 0.3 is 0 Å². The van der Waals surface area contributed by atoms with Crippen LogP contribution < -0.4 is 11.1 Å². The van der Waals surface area contributed by atoms with Crippen molar-refractivity contribution in [3.63, 3.8) is 0 Å². The van der Waals surface area contributed by atoms with Gasteiger partial charge in [0.15, 0.2) is 0 Å². The van der Waals surface area contributed by atoms with Crippen LogP contribution in [0.25, 0.3) is 0 Å². The first kappa shape index (κ1) is 13.0. The maximum absolute atomic E-state index is 6.01. The fourth-order valence-corrected chi connectivity index (χ4v) is 3.29. The third-order valence-electron chi connectivity index (χ3n) is 3.86. The van der Waals surface area contributed by atoms with Crippen molar-refractivity contribution >= 4 is 11.3 Å². The molecule has 1 heterocycles. The molecule has 0 atom stereocenters. The molecular formula is C13H23N3S. The van der Waals surface area contributed by atoms with Crippen molar-refractivity contribution in [2.24, 2.45) is 11.1 Å². The standard InChI is InChI=1S/C13H23N3S/c14-10-13(5-3-1-2-4-6-13)11-15-9-12-16-7-8-17-12/h7-8,15H,1-6,9-11,14H2. The number of hydrogen-bond donors (Lipinski definition) is 2. The Balaban J connectivity index is 1.81. The first-order valence-corrected chi connectivity index (χ1v) is 7.52. The minimum Gasteiger partial charge on any atom is -0.330 e. The molecule has 0 aliphatic heterocycles. The Morgan fingerprint density at radius 2 is 2.06 bits per heavy atom. The van der Waals surface area contributed by atoms with E-state index in [1.165, 1.54) is 43.5 Å². The topological polar surface area (TPSA) is 50.9 Å². The molecule has 1 aliphatic rings. The summed E-state index contributed by atoms with van der Waals surface area (Å²) in [4.78, 5) is 4.29. The summed E-state index contributed by atoms with van der Waals surface area (Å²) in [6.45, 7) is 2.75. The second-order valence-corrected chi connectivity index (χ2v) is 6.13. The lowest BCUT2D eigenvalue weighted by Gasteiger charge is -2.31. The highest BCUT2D eigenvalue weighted by Gasteiger charge is 2.28. The molecule has 1 saturated carbocycles. The molecule has 0 aromatic carbocycles. The van der Waals surface area contributed by atoms with Gasteiger partial charge in [-0.1, -0.05) is 25.7 Å². The van der Waals surface area contributed by atoms with Crippen molar-refractivity contribution in [1.29, 1.82) is 0 Å². The van der Waals surface area contributed by atoms with Gasteiger partial charge < -0.3 is 11.1 Å². The third kappa shape index (κ3) is 3.76. The van der Waals surface area contributed by atoms with Crippen LogP contribution in [0.15, 0.2) is 11.6 Å². The van der Waals surface area contributed by atoms with E-state index in [2.05, 4.69) is 10.3 Å². The van der Waals surface area contributed by atoms with Gasteiger partial charge in [0.05, 0.1) is 0 Å². The minimum absolute atomic E-state index is 0.341. The van der Waals surface area contributed by atoms with E-state index >= 15 is 0 Å². The number of thiazole rings is 1. The lowest BCUT2D eigenvalue weighted by Crippen LogP contribution is -2.39. The Labute approximate surface area is 108 Å². The van der Waals surface area contributed by atoms with Gasteiger partial charge in [-0.05, 0) is 24.8 Å². The third-order valence-corrected chi connectivity index (χ3v) is 4.64. The molecule has 17 heavy (non-hydrogen) atoms. The van der Waals surface area contributed by atoms with Crippen molar-refractivity contribution in [1.82, 2.24) is 10.3 Å². The molecule has 0 bridgehead atoms. The van der Waals surface area contributed by atoms with Crippen LogP contribution in [0.2, 0.25) is 0 Å². The van der Waals surface area contributed by atoms with E-state index in [0.717, 1.165) is 19.6 Å². The van der Waals surface area contributed by atoms with Gasteiger partial charge in [0.2, 0.25) is 0 Å². The van der Waals surface area contributed by atoms with Crippen LogP contribution >= 0.6 is 11.3 Å². The monoisotopic (exact) mass is 253 g/mol. The lowest BCUT2D eigenvalue weighted by atomic mass is 9.80. The van der Waals surface area contributed by atoms with Crippen LogP contribution in [0.5, 0.6) is 0 Å². The molecule has 1 aromatic heterocycles. The molecule has 96 valence electrons. The fraction of sp³-hybridized carbons (Fsp3) is 0.769. The van der Waals surface area contributed by atoms with Gasteiger partial charge in [-0.2, -0.15) is 0 Å². The molecular weight excluding hydrogens is 230 g/mol. The second-order valence-electron chi connectivity index (χ2n) is 5.15. The number of nitrogens with two attached hydrogens (primary N) is 1. The van der Waals surface area contributed by atoms with Gasteiger partial charge in [0.1, 0.15) is 5.01 Å². The summed E-state index contributed by atoms with van der Waals surface area (Å²) in [5, 5.41) is 6.75. The molecule has 1 aromatic rings. The van der Waals surface area contributed by atoms with Crippen LogP contribution in [0.1, 0.15) is 43.5 Å². The SMILES string of the molecule is NCC1(CNCc2nccs2)CCCCCC1. The second kappa shape index (κ2) is 6.47. The van der Waals surface area contributed by atoms with Crippen molar-refractivity contribution < 1.29 is 0 Å². The van der Waals surface area contributed by atoms with Crippen LogP contribution in [0, 0.1) is 5.41 Å². The quantitative estimate of drug-likeness (QED) is 0.793. The normalized spacial score (nSPS) is 20.1. The highest BCUT2D eigenvalue weighted by Crippen LogP contribution is 2.33. The van der Waals surface area contributed by atoms with Gasteiger partial charge in [0, 0.05) is 24.7 Å². The Kier molecular flexibility index (Phi) is 4.95. The van der Waals surface area contributed by atoms with Crippen LogP contribution in [0.4, 0.5) is 0 Å². The van der Waals surface area contributed by atoms with E-state index in [0.29, 0.717) is 5.41 Å². The Morgan fingerprint density at radius 3 is 2.65 bits per heavy atom. The molecule has 3 nitrogen and oxygen atoms in total. The van der Waals surface area contributed by atoms with Gasteiger partial charge in [-0.25, -0.2) is 4.98 Å². The average molecular weight is 253 g/mol.